The zero-order valence-electron chi connectivity index (χ0n) is 21.7. The van der Waals surface area contributed by atoms with Crippen LogP contribution >= 0.6 is 0 Å². The van der Waals surface area contributed by atoms with Crippen LogP contribution in [0.15, 0.2) is 65.7 Å². The van der Waals surface area contributed by atoms with E-state index in [1.54, 1.807) is 0 Å². The second-order valence-corrected chi connectivity index (χ2v) is 10.6. The Morgan fingerprint density at radius 1 is 0.946 bits per heavy atom. The molecule has 6 nitrogen and oxygen atoms in total. The molecule has 198 valence electrons. The van der Waals surface area contributed by atoms with Crippen molar-refractivity contribution in [2.45, 2.75) is 76.7 Å². The molecule has 2 unspecified atom stereocenters. The zero-order chi connectivity index (χ0) is 25.9. The van der Waals surface area contributed by atoms with Gasteiger partial charge in [-0.2, -0.15) is 0 Å². The van der Waals surface area contributed by atoms with Crippen LogP contribution in [0.1, 0.15) is 68.9 Å². The van der Waals surface area contributed by atoms with Crippen LogP contribution in [0, 0.1) is 11.3 Å². The number of aliphatic carboxylic acids is 1. The molecular weight excluding hydrogens is 464 g/mol. The Bertz CT molecular complexity index is 1030. The van der Waals surface area contributed by atoms with Gasteiger partial charge < -0.3 is 15.2 Å². The number of carboxylic acid groups (broad SMARTS) is 1. The molecule has 6 heteroatoms. The molecule has 0 saturated heterocycles. The number of ether oxygens (including phenoxy) is 1. The van der Waals surface area contributed by atoms with Crippen LogP contribution in [0.4, 0.5) is 0 Å². The third kappa shape index (κ3) is 7.43. The summed E-state index contributed by atoms with van der Waals surface area (Å²) in [6, 6.07) is 18.7. The molecule has 37 heavy (non-hydrogen) atoms. The summed E-state index contributed by atoms with van der Waals surface area (Å²) in [5.74, 6) is -0.147. The number of benzene rings is 2. The number of nitrogens with one attached hydrogen (secondary N) is 1. The summed E-state index contributed by atoms with van der Waals surface area (Å²) in [5, 5.41) is 13.5. The average Bonchev–Trinajstić information content (AvgIpc) is 3.43. The number of hydrogen-bond donors (Lipinski definition) is 2. The Labute approximate surface area is 220 Å². The van der Waals surface area contributed by atoms with Crippen molar-refractivity contribution in [2.75, 3.05) is 13.2 Å². The maximum atomic E-state index is 12.8. The fraction of sp³-hybridized carbons (Fsp3) is 0.516. The summed E-state index contributed by atoms with van der Waals surface area (Å²) < 4.78 is 5.89. The first-order valence-corrected chi connectivity index (χ1v) is 13.9. The van der Waals surface area contributed by atoms with Crippen molar-refractivity contribution in [3.63, 3.8) is 0 Å². The quantitative estimate of drug-likeness (QED) is 0.348. The van der Waals surface area contributed by atoms with Gasteiger partial charge in [-0.3, -0.25) is 9.59 Å². The van der Waals surface area contributed by atoms with Gasteiger partial charge in [0.2, 0.25) is 11.8 Å². The highest BCUT2D eigenvalue weighted by molar-refractivity contribution is 6.04. The first kappa shape index (κ1) is 26.9. The molecule has 1 heterocycles. The van der Waals surface area contributed by atoms with Gasteiger partial charge in [-0.15, -0.1) is 0 Å². The number of aliphatic imine (C=N–C) groups is 1. The molecule has 0 radical (unpaired) electrons. The van der Waals surface area contributed by atoms with Gasteiger partial charge in [0.05, 0.1) is 0 Å². The minimum atomic E-state index is -1.34. The number of amides is 1. The van der Waals surface area contributed by atoms with Crippen LogP contribution in [0.5, 0.6) is 0 Å². The van der Waals surface area contributed by atoms with E-state index in [-0.39, 0.29) is 24.8 Å². The lowest BCUT2D eigenvalue weighted by Crippen LogP contribution is -2.42. The summed E-state index contributed by atoms with van der Waals surface area (Å²) in [4.78, 5) is 30.2. The number of hydrogen-bond acceptors (Lipinski definition) is 4. The van der Waals surface area contributed by atoms with E-state index in [1.165, 1.54) is 38.5 Å². The molecule has 4 rings (SSSR count). The molecule has 0 aromatic heterocycles. The molecule has 2 aliphatic rings. The fourth-order valence-corrected chi connectivity index (χ4v) is 5.62. The molecule has 2 aromatic rings. The molecule has 1 aliphatic carbocycles. The van der Waals surface area contributed by atoms with Crippen molar-refractivity contribution in [1.82, 2.24) is 5.32 Å². The largest absolute Gasteiger partial charge is 0.480 e. The third-order valence-corrected chi connectivity index (χ3v) is 7.87. The van der Waals surface area contributed by atoms with E-state index in [9.17, 15) is 14.7 Å². The normalized spacial score (nSPS) is 19.5. The molecule has 1 aliphatic heterocycles. The number of rotatable bonds is 13. The van der Waals surface area contributed by atoms with Crippen molar-refractivity contribution in [3.8, 4) is 0 Å². The van der Waals surface area contributed by atoms with E-state index in [1.807, 2.05) is 60.7 Å². The van der Waals surface area contributed by atoms with Crippen molar-refractivity contribution in [2.24, 2.45) is 16.3 Å². The Morgan fingerprint density at radius 3 is 2.30 bits per heavy atom. The molecular formula is C31H40N2O4. The first-order chi connectivity index (χ1) is 18.1. The van der Waals surface area contributed by atoms with Crippen LogP contribution < -0.4 is 5.32 Å². The van der Waals surface area contributed by atoms with Crippen LogP contribution in [-0.4, -0.2) is 42.1 Å². The van der Waals surface area contributed by atoms with Crippen molar-refractivity contribution in [3.05, 3.63) is 71.8 Å². The fourth-order valence-electron chi connectivity index (χ4n) is 5.62. The van der Waals surface area contributed by atoms with Gasteiger partial charge in [0, 0.05) is 6.54 Å². The third-order valence-electron chi connectivity index (χ3n) is 7.87. The highest BCUT2D eigenvalue weighted by atomic mass is 16.5. The van der Waals surface area contributed by atoms with Gasteiger partial charge in [-0.1, -0.05) is 106 Å². The summed E-state index contributed by atoms with van der Waals surface area (Å²) in [7, 11) is 0. The molecule has 2 atom stereocenters. The minimum Gasteiger partial charge on any atom is -0.480 e. The van der Waals surface area contributed by atoms with Gasteiger partial charge in [0.25, 0.3) is 0 Å². The maximum Gasteiger partial charge on any atom is 0.319 e. The predicted octanol–water partition coefficient (Wildman–Crippen LogP) is 5.60. The molecule has 0 spiro atoms. The van der Waals surface area contributed by atoms with Gasteiger partial charge >= 0.3 is 5.97 Å². The number of nitrogens with zero attached hydrogens (tertiary/aromatic N) is 1. The van der Waals surface area contributed by atoms with E-state index in [0.717, 1.165) is 29.9 Å². The highest BCUT2D eigenvalue weighted by Crippen LogP contribution is 2.35. The lowest BCUT2D eigenvalue weighted by atomic mass is 9.76. The van der Waals surface area contributed by atoms with Gasteiger partial charge in [0.1, 0.15) is 12.0 Å². The highest BCUT2D eigenvalue weighted by Gasteiger charge is 2.48. The second-order valence-electron chi connectivity index (χ2n) is 10.6. The van der Waals surface area contributed by atoms with Gasteiger partial charge in [-0.25, -0.2) is 4.99 Å². The molecule has 1 saturated carbocycles. The maximum absolute atomic E-state index is 12.8. The number of carbonyl (C=O) groups excluding carboxylic acids is 1. The summed E-state index contributed by atoms with van der Waals surface area (Å²) >= 11 is 0. The van der Waals surface area contributed by atoms with E-state index >= 15 is 0 Å². The smallest absolute Gasteiger partial charge is 0.319 e. The summed E-state index contributed by atoms with van der Waals surface area (Å²) in [5.41, 5.74) is 0.615. The predicted molar refractivity (Wildman–Crippen MR) is 146 cm³/mol. The SMILES string of the molecule is O=C(NCCCCC1CCCCC1)C1COC(C(CCc2ccccc2)(Cc2ccccc2)C(=O)O)=N1. The summed E-state index contributed by atoms with van der Waals surface area (Å²) in [6.07, 6.45) is 11.3. The zero-order valence-corrected chi connectivity index (χ0v) is 21.7. The van der Waals surface area contributed by atoms with Crippen molar-refractivity contribution in [1.29, 1.82) is 0 Å². The van der Waals surface area contributed by atoms with E-state index < -0.39 is 17.4 Å². The minimum absolute atomic E-state index is 0.0817. The monoisotopic (exact) mass is 504 g/mol. The Kier molecular flexibility index (Phi) is 9.75. The molecule has 2 aromatic carbocycles. The standard InChI is InChI=1S/C31H40N2O4/c34-28(32-21-11-10-16-24-12-4-1-5-13-24)27-23-37-29(33-27)31(30(35)36,22-26-17-8-3-9-18-26)20-19-25-14-6-2-7-15-25/h2-3,6-9,14-15,17-18,24,27H,1,4-5,10-13,16,19-23H2,(H,32,34)(H,35,36). The lowest BCUT2D eigenvalue weighted by molar-refractivity contribution is -0.145. The van der Waals surface area contributed by atoms with E-state index in [4.69, 9.17) is 4.74 Å². The molecule has 1 fully saturated rings. The van der Waals surface area contributed by atoms with Crippen LogP contribution in [0.2, 0.25) is 0 Å². The number of carbonyl (C=O) groups is 2. The molecule has 1 amide bonds. The van der Waals surface area contributed by atoms with E-state index in [0.29, 0.717) is 19.4 Å². The number of carboxylic acids is 1. The second kappa shape index (κ2) is 13.4. The Morgan fingerprint density at radius 2 is 1.62 bits per heavy atom. The molecule has 2 N–H and O–H groups in total. The van der Waals surface area contributed by atoms with Crippen molar-refractivity contribution >= 4 is 17.8 Å². The van der Waals surface area contributed by atoms with E-state index in [2.05, 4.69) is 10.3 Å². The molecule has 0 bridgehead atoms. The van der Waals surface area contributed by atoms with Crippen molar-refractivity contribution < 1.29 is 19.4 Å². The first-order valence-electron chi connectivity index (χ1n) is 13.9. The van der Waals surface area contributed by atoms with Crippen LogP contribution in [0.3, 0.4) is 0 Å². The number of aryl methyl sites for hydroxylation is 1. The average molecular weight is 505 g/mol. The Balaban J connectivity index is 1.40. The topological polar surface area (TPSA) is 88.0 Å². The summed E-state index contributed by atoms with van der Waals surface area (Å²) in [6.45, 7) is 0.702. The van der Waals surface area contributed by atoms with Gasteiger partial charge in [-0.05, 0) is 42.7 Å². The van der Waals surface area contributed by atoms with Crippen LogP contribution in [-0.2, 0) is 27.2 Å². The van der Waals surface area contributed by atoms with Gasteiger partial charge in [0.15, 0.2) is 6.04 Å². The van der Waals surface area contributed by atoms with Crippen LogP contribution in [0.25, 0.3) is 0 Å². The Hall–Kier alpha value is -3.15. The number of unbranched alkanes of at least 4 members (excludes halogenated alkanes) is 1. The lowest BCUT2D eigenvalue weighted by Gasteiger charge is -2.29.